The average molecular weight is 305 g/mol. The minimum Gasteiger partial charge on any atom is -0.465 e. The molecular formula is C19H15NO3. The first-order valence-electron chi connectivity index (χ1n) is 7.16. The molecule has 3 aromatic rings. The van der Waals surface area contributed by atoms with E-state index in [1.54, 1.807) is 30.3 Å². The van der Waals surface area contributed by atoms with E-state index in [0.29, 0.717) is 16.8 Å². The molecule has 0 aliphatic heterocycles. The zero-order chi connectivity index (χ0) is 16.2. The van der Waals surface area contributed by atoms with Crippen LogP contribution in [0.25, 0.3) is 10.8 Å². The van der Waals surface area contributed by atoms with Crippen LogP contribution in [-0.2, 0) is 4.74 Å². The number of anilines is 1. The maximum Gasteiger partial charge on any atom is 0.337 e. The number of carbonyl (C=O) groups excluding carboxylic acids is 2. The summed E-state index contributed by atoms with van der Waals surface area (Å²) in [6.07, 6.45) is 0. The summed E-state index contributed by atoms with van der Waals surface area (Å²) in [5.41, 5.74) is 1.53. The van der Waals surface area contributed by atoms with Crippen molar-refractivity contribution >= 4 is 28.3 Å². The number of methoxy groups -OCH3 is 1. The third kappa shape index (κ3) is 3.06. The quantitative estimate of drug-likeness (QED) is 0.747. The molecule has 4 heteroatoms. The van der Waals surface area contributed by atoms with Gasteiger partial charge < -0.3 is 10.1 Å². The van der Waals surface area contributed by atoms with Gasteiger partial charge in [-0.15, -0.1) is 0 Å². The molecule has 0 aromatic heterocycles. The van der Waals surface area contributed by atoms with Gasteiger partial charge in [0.05, 0.1) is 12.7 Å². The van der Waals surface area contributed by atoms with E-state index in [1.165, 1.54) is 7.11 Å². The standard InChI is InChI=1S/C19H15NO3/c1-23-19(22)14-8-4-9-15(12-14)20-18(21)17-11-5-7-13-6-2-3-10-16(13)17/h2-12H,1H3,(H,20,21). The van der Waals surface area contributed by atoms with Crippen LogP contribution in [0.2, 0.25) is 0 Å². The second-order valence-corrected chi connectivity index (χ2v) is 5.05. The normalized spacial score (nSPS) is 10.3. The Morgan fingerprint density at radius 1 is 0.913 bits per heavy atom. The highest BCUT2D eigenvalue weighted by molar-refractivity contribution is 6.13. The molecule has 0 radical (unpaired) electrons. The molecule has 4 nitrogen and oxygen atoms in total. The Kier molecular flexibility index (Phi) is 4.06. The van der Waals surface area contributed by atoms with Crippen molar-refractivity contribution in [2.24, 2.45) is 0 Å². The summed E-state index contributed by atoms with van der Waals surface area (Å²) >= 11 is 0. The second-order valence-electron chi connectivity index (χ2n) is 5.05. The summed E-state index contributed by atoms with van der Waals surface area (Å²) in [6, 6.07) is 20.0. The van der Waals surface area contributed by atoms with Crippen LogP contribution in [0.3, 0.4) is 0 Å². The number of hydrogen-bond donors (Lipinski definition) is 1. The molecule has 3 aromatic carbocycles. The molecule has 23 heavy (non-hydrogen) atoms. The summed E-state index contributed by atoms with van der Waals surface area (Å²) in [6.45, 7) is 0. The molecule has 0 spiro atoms. The van der Waals surface area contributed by atoms with Gasteiger partial charge in [-0.05, 0) is 35.0 Å². The summed E-state index contributed by atoms with van der Waals surface area (Å²) in [5, 5.41) is 4.71. The molecule has 0 aliphatic rings. The highest BCUT2D eigenvalue weighted by Crippen LogP contribution is 2.20. The second kappa shape index (κ2) is 6.32. The smallest absolute Gasteiger partial charge is 0.337 e. The molecule has 1 N–H and O–H groups in total. The van der Waals surface area contributed by atoms with Crippen molar-refractivity contribution < 1.29 is 14.3 Å². The molecule has 0 saturated heterocycles. The van der Waals surface area contributed by atoms with Crippen LogP contribution in [0.5, 0.6) is 0 Å². The van der Waals surface area contributed by atoms with Crippen molar-refractivity contribution in [2.75, 3.05) is 12.4 Å². The molecule has 0 fully saturated rings. The monoisotopic (exact) mass is 305 g/mol. The SMILES string of the molecule is COC(=O)c1cccc(NC(=O)c2cccc3ccccc23)c1. The van der Waals surface area contributed by atoms with Gasteiger partial charge in [0, 0.05) is 11.3 Å². The van der Waals surface area contributed by atoms with Gasteiger partial charge in [0.1, 0.15) is 0 Å². The minimum absolute atomic E-state index is 0.219. The van der Waals surface area contributed by atoms with Crippen LogP contribution in [-0.4, -0.2) is 19.0 Å². The third-order valence-electron chi connectivity index (χ3n) is 3.58. The minimum atomic E-state index is -0.439. The summed E-state index contributed by atoms with van der Waals surface area (Å²) in [7, 11) is 1.32. The van der Waals surface area contributed by atoms with Gasteiger partial charge in [-0.25, -0.2) is 4.79 Å². The number of ether oxygens (including phenoxy) is 1. The largest absolute Gasteiger partial charge is 0.465 e. The number of hydrogen-bond acceptors (Lipinski definition) is 3. The van der Waals surface area contributed by atoms with Crippen molar-refractivity contribution in [1.82, 2.24) is 0 Å². The lowest BCUT2D eigenvalue weighted by atomic mass is 10.0. The number of fused-ring (bicyclic) bond motifs is 1. The van der Waals surface area contributed by atoms with Crippen LogP contribution >= 0.6 is 0 Å². The fourth-order valence-electron chi connectivity index (χ4n) is 2.46. The summed E-state index contributed by atoms with van der Waals surface area (Å²) < 4.78 is 4.69. The van der Waals surface area contributed by atoms with Gasteiger partial charge in [-0.2, -0.15) is 0 Å². The fourth-order valence-corrected chi connectivity index (χ4v) is 2.46. The highest BCUT2D eigenvalue weighted by atomic mass is 16.5. The molecular weight excluding hydrogens is 290 g/mol. The first kappa shape index (κ1) is 14.8. The Labute approximate surface area is 133 Å². The maximum atomic E-state index is 12.6. The lowest BCUT2D eigenvalue weighted by Gasteiger charge is -2.09. The predicted octanol–water partition coefficient (Wildman–Crippen LogP) is 3.88. The fraction of sp³-hybridized carbons (Fsp3) is 0.0526. The van der Waals surface area contributed by atoms with Gasteiger partial charge in [0.25, 0.3) is 5.91 Å². The molecule has 3 rings (SSSR count). The van der Waals surface area contributed by atoms with E-state index in [2.05, 4.69) is 10.1 Å². The van der Waals surface area contributed by atoms with Crippen LogP contribution in [0.15, 0.2) is 66.7 Å². The van der Waals surface area contributed by atoms with Gasteiger partial charge in [0.2, 0.25) is 0 Å². The molecule has 1 amide bonds. The van der Waals surface area contributed by atoms with Gasteiger partial charge in [-0.3, -0.25) is 4.79 Å². The topological polar surface area (TPSA) is 55.4 Å². The number of benzene rings is 3. The number of nitrogens with one attached hydrogen (secondary N) is 1. The molecule has 0 heterocycles. The van der Waals surface area contributed by atoms with E-state index >= 15 is 0 Å². The predicted molar refractivity (Wildman–Crippen MR) is 89.7 cm³/mol. The van der Waals surface area contributed by atoms with Crippen molar-refractivity contribution in [2.45, 2.75) is 0 Å². The molecule has 0 aliphatic carbocycles. The van der Waals surface area contributed by atoms with E-state index in [0.717, 1.165) is 10.8 Å². The Morgan fingerprint density at radius 2 is 1.65 bits per heavy atom. The highest BCUT2D eigenvalue weighted by Gasteiger charge is 2.11. The average Bonchev–Trinajstić information content (AvgIpc) is 2.60. The lowest BCUT2D eigenvalue weighted by molar-refractivity contribution is 0.0600. The van der Waals surface area contributed by atoms with Crippen molar-refractivity contribution in [3.8, 4) is 0 Å². The van der Waals surface area contributed by atoms with Gasteiger partial charge in [-0.1, -0.05) is 42.5 Å². The Bertz CT molecular complexity index is 881. The Morgan fingerprint density at radius 3 is 2.48 bits per heavy atom. The van der Waals surface area contributed by atoms with Crippen molar-refractivity contribution in [1.29, 1.82) is 0 Å². The summed E-state index contributed by atoms with van der Waals surface area (Å²) in [4.78, 5) is 24.1. The van der Waals surface area contributed by atoms with E-state index in [-0.39, 0.29) is 5.91 Å². The zero-order valence-corrected chi connectivity index (χ0v) is 12.6. The van der Waals surface area contributed by atoms with E-state index in [1.807, 2.05) is 36.4 Å². The first-order chi connectivity index (χ1) is 11.2. The third-order valence-corrected chi connectivity index (χ3v) is 3.58. The van der Waals surface area contributed by atoms with Crippen molar-refractivity contribution in [3.63, 3.8) is 0 Å². The Hall–Kier alpha value is -3.14. The molecule has 114 valence electrons. The number of carbonyl (C=O) groups is 2. The van der Waals surface area contributed by atoms with E-state index in [9.17, 15) is 9.59 Å². The number of esters is 1. The zero-order valence-electron chi connectivity index (χ0n) is 12.6. The first-order valence-corrected chi connectivity index (χ1v) is 7.16. The van der Waals surface area contributed by atoms with Crippen LogP contribution < -0.4 is 5.32 Å². The van der Waals surface area contributed by atoms with Crippen molar-refractivity contribution in [3.05, 3.63) is 77.9 Å². The van der Waals surface area contributed by atoms with Gasteiger partial charge >= 0.3 is 5.97 Å². The molecule has 0 atom stereocenters. The van der Waals surface area contributed by atoms with Crippen LogP contribution in [0.1, 0.15) is 20.7 Å². The molecule has 0 saturated carbocycles. The van der Waals surface area contributed by atoms with Gasteiger partial charge in [0.15, 0.2) is 0 Å². The summed E-state index contributed by atoms with van der Waals surface area (Å²) in [5.74, 6) is -0.657. The Balaban J connectivity index is 1.91. The maximum absolute atomic E-state index is 12.6. The number of amides is 1. The van der Waals surface area contributed by atoms with E-state index in [4.69, 9.17) is 0 Å². The van der Waals surface area contributed by atoms with Crippen LogP contribution in [0.4, 0.5) is 5.69 Å². The molecule has 0 bridgehead atoms. The molecule has 0 unspecified atom stereocenters. The van der Waals surface area contributed by atoms with Crippen LogP contribution in [0, 0.1) is 0 Å². The number of rotatable bonds is 3. The van der Waals surface area contributed by atoms with E-state index < -0.39 is 5.97 Å². The lowest BCUT2D eigenvalue weighted by Crippen LogP contribution is -2.13.